The third-order valence-corrected chi connectivity index (χ3v) is 5.79. The fourth-order valence-electron chi connectivity index (χ4n) is 4.30. The van der Waals surface area contributed by atoms with Crippen LogP contribution in [0.25, 0.3) is 0 Å². The van der Waals surface area contributed by atoms with Crippen LogP contribution in [0.2, 0.25) is 0 Å². The Labute approximate surface area is 121 Å². The third kappa shape index (κ3) is 2.30. The maximum Gasteiger partial charge on any atom is 0.136 e. The predicted octanol–water partition coefficient (Wildman–Crippen LogP) is 0.969. The summed E-state index contributed by atoms with van der Waals surface area (Å²) >= 11 is 0. The molecule has 3 aliphatic heterocycles. The topological polar surface area (TPSA) is 47.0 Å². The largest absolute Gasteiger partial charge is 0.313 e. The Morgan fingerprint density at radius 3 is 1.55 bits per heavy atom. The van der Waals surface area contributed by atoms with Crippen LogP contribution in [0.3, 0.4) is 0 Å². The van der Waals surface area contributed by atoms with E-state index in [2.05, 4.69) is 23.9 Å². The van der Waals surface area contributed by atoms with Crippen molar-refractivity contribution in [2.45, 2.75) is 49.6 Å². The molecular formula is C15H27N3O2. The minimum absolute atomic E-state index is 0.294. The van der Waals surface area contributed by atoms with E-state index in [1.807, 2.05) is 0 Å². The highest BCUT2D eigenvalue weighted by atomic mass is 16.5. The second-order valence-corrected chi connectivity index (χ2v) is 7.26. The zero-order chi connectivity index (χ0) is 14.4. The Bertz CT molecular complexity index is 349. The molecule has 1 N–H and O–H groups in total. The molecule has 0 aromatic carbocycles. The van der Waals surface area contributed by atoms with Crippen LogP contribution in [0.5, 0.6) is 0 Å². The van der Waals surface area contributed by atoms with E-state index in [1.165, 1.54) is 0 Å². The molecule has 0 bridgehead atoms. The summed E-state index contributed by atoms with van der Waals surface area (Å²) in [5, 5.41) is 12.6. The van der Waals surface area contributed by atoms with Gasteiger partial charge < -0.3 is 15.0 Å². The zero-order valence-corrected chi connectivity index (χ0v) is 12.8. The Morgan fingerprint density at radius 2 is 1.20 bits per heavy atom. The fraction of sp³-hybridized carbons (Fsp3) is 0.933. The molecule has 3 saturated heterocycles. The molecular weight excluding hydrogens is 254 g/mol. The fourth-order valence-corrected chi connectivity index (χ4v) is 4.30. The summed E-state index contributed by atoms with van der Waals surface area (Å²) < 4.78 is 0. The van der Waals surface area contributed by atoms with E-state index in [0.29, 0.717) is 18.6 Å². The first-order valence-corrected chi connectivity index (χ1v) is 7.84. The normalized spacial score (nSPS) is 32.0. The Morgan fingerprint density at radius 1 is 0.850 bits per heavy atom. The van der Waals surface area contributed by atoms with Crippen molar-refractivity contribution in [1.82, 2.24) is 14.9 Å². The molecule has 0 aliphatic carbocycles. The Balaban J connectivity index is 1.84. The van der Waals surface area contributed by atoms with Crippen LogP contribution in [0, 0.1) is 0 Å². The van der Waals surface area contributed by atoms with E-state index in [1.54, 1.807) is 5.06 Å². The zero-order valence-electron chi connectivity index (χ0n) is 12.8. The lowest BCUT2D eigenvalue weighted by atomic mass is 9.69. The lowest BCUT2D eigenvalue weighted by Crippen LogP contribution is -2.68. The van der Waals surface area contributed by atoms with Crippen molar-refractivity contribution in [3.8, 4) is 0 Å². The van der Waals surface area contributed by atoms with E-state index in [4.69, 9.17) is 0 Å². The molecule has 0 aromatic heterocycles. The van der Waals surface area contributed by atoms with Gasteiger partial charge in [0.05, 0.1) is 11.1 Å². The molecule has 114 valence electrons. The first-order valence-electron chi connectivity index (χ1n) is 7.84. The van der Waals surface area contributed by atoms with E-state index in [0.717, 1.165) is 51.9 Å². The number of carbonyl (C=O) groups is 1. The standard InChI is InChI=1S/C15H27N3O2/c1-16-7-3-14(4-8-16)11-13(19)12-15(18(14)20)5-9-17(2)10-6-15/h20H,3-12H2,1-2H3. The lowest BCUT2D eigenvalue weighted by Gasteiger charge is -2.57. The molecule has 0 aromatic rings. The number of hydrogen-bond donors (Lipinski definition) is 1. The number of nitrogens with zero attached hydrogens (tertiary/aromatic N) is 3. The van der Waals surface area contributed by atoms with Gasteiger partial charge in [-0.05, 0) is 66.0 Å². The smallest absolute Gasteiger partial charge is 0.136 e. The number of rotatable bonds is 0. The summed E-state index contributed by atoms with van der Waals surface area (Å²) in [7, 11) is 4.23. The van der Waals surface area contributed by atoms with Crippen molar-refractivity contribution < 1.29 is 10.0 Å². The third-order valence-electron chi connectivity index (χ3n) is 5.79. The monoisotopic (exact) mass is 281 g/mol. The number of likely N-dealkylation sites (tertiary alicyclic amines) is 2. The van der Waals surface area contributed by atoms with Crippen LogP contribution >= 0.6 is 0 Å². The average molecular weight is 281 g/mol. The van der Waals surface area contributed by atoms with Crippen molar-refractivity contribution in [1.29, 1.82) is 0 Å². The van der Waals surface area contributed by atoms with Crippen molar-refractivity contribution >= 4 is 5.78 Å². The molecule has 20 heavy (non-hydrogen) atoms. The first kappa shape index (κ1) is 14.4. The van der Waals surface area contributed by atoms with Crippen LogP contribution in [0.15, 0.2) is 0 Å². The molecule has 0 atom stereocenters. The summed E-state index contributed by atoms with van der Waals surface area (Å²) in [6.07, 6.45) is 4.70. The van der Waals surface area contributed by atoms with Gasteiger partial charge in [0.1, 0.15) is 5.78 Å². The maximum atomic E-state index is 12.4. The van der Waals surface area contributed by atoms with Crippen molar-refractivity contribution in [2.24, 2.45) is 0 Å². The molecule has 0 radical (unpaired) electrons. The van der Waals surface area contributed by atoms with Gasteiger partial charge in [-0.3, -0.25) is 4.79 Å². The van der Waals surface area contributed by atoms with Gasteiger partial charge in [-0.2, -0.15) is 5.06 Å². The van der Waals surface area contributed by atoms with Gasteiger partial charge in [0.25, 0.3) is 0 Å². The van der Waals surface area contributed by atoms with Crippen LogP contribution in [-0.4, -0.2) is 77.2 Å². The average Bonchev–Trinajstić information content (AvgIpc) is 2.43. The number of piperidine rings is 3. The van der Waals surface area contributed by atoms with Gasteiger partial charge in [-0.25, -0.2) is 0 Å². The highest BCUT2D eigenvalue weighted by Gasteiger charge is 2.55. The van der Waals surface area contributed by atoms with Crippen LogP contribution in [0.1, 0.15) is 38.5 Å². The summed E-state index contributed by atoms with van der Waals surface area (Å²) in [5.41, 5.74) is -0.588. The van der Waals surface area contributed by atoms with Gasteiger partial charge >= 0.3 is 0 Å². The number of hydrogen-bond acceptors (Lipinski definition) is 5. The molecule has 0 amide bonds. The van der Waals surface area contributed by atoms with E-state index >= 15 is 0 Å². The van der Waals surface area contributed by atoms with E-state index in [9.17, 15) is 10.0 Å². The van der Waals surface area contributed by atoms with Crippen LogP contribution in [-0.2, 0) is 4.79 Å². The molecule has 0 saturated carbocycles. The summed E-state index contributed by atoms with van der Waals surface area (Å²) in [6, 6.07) is 0. The summed E-state index contributed by atoms with van der Waals surface area (Å²) in [5.74, 6) is 0.351. The van der Waals surface area contributed by atoms with Crippen LogP contribution in [0.4, 0.5) is 0 Å². The highest BCUT2D eigenvalue weighted by molar-refractivity contribution is 5.82. The second-order valence-electron chi connectivity index (χ2n) is 7.26. The molecule has 3 rings (SSSR count). The SMILES string of the molecule is CN1CCC2(CC1)CC(=O)CC1(CCN(C)CC1)N2O. The van der Waals surface area contributed by atoms with Gasteiger partial charge in [0.15, 0.2) is 0 Å². The quantitative estimate of drug-likeness (QED) is 0.717. The first-order chi connectivity index (χ1) is 9.46. The van der Waals surface area contributed by atoms with Gasteiger partial charge in [0, 0.05) is 12.8 Å². The Kier molecular flexibility index (Phi) is 3.65. The molecule has 3 fully saturated rings. The van der Waals surface area contributed by atoms with Gasteiger partial charge in [-0.15, -0.1) is 0 Å². The van der Waals surface area contributed by atoms with Gasteiger partial charge in [-0.1, -0.05) is 0 Å². The number of Topliss-reactive ketones (excluding diaryl/α,β-unsaturated/α-hetero) is 1. The summed E-state index contributed by atoms with van der Waals surface area (Å²) in [6.45, 7) is 3.89. The van der Waals surface area contributed by atoms with Crippen molar-refractivity contribution in [2.75, 3.05) is 40.3 Å². The maximum absolute atomic E-state index is 12.4. The number of ketones is 1. The van der Waals surface area contributed by atoms with E-state index < -0.39 is 0 Å². The molecule has 2 spiro atoms. The second kappa shape index (κ2) is 5.05. The highest BCUT2D eigenvalue weighted by Crippen LogP contribution is 2.45. The van der Waals surface area contributed by atoms with Crippen LogP contribution < -0.4 is 0 Å². The Hall–Kier alpha value is -0.490. The molecule has 3 heterocycles. The lowest BCUT2D eigenvalue weighted by molar-refractivity contribution is -0.273. The van der Waals surface area contributed by atoms with Crippen molar-refractivity contribution in [3.05, 3.63) is 0 Å². The number of carbonyl (C=O) groups excluding carboxylic acids is 1. The number of hydroxylamine groups is 2. The van der Waals surface area contributed by atoms with Crippen molar-refractivity contribution in [3.63, 3.8) is 0 Å². The minimum atomic E-state index is -0.294. The minimum Gasteiger partial charge on any atom is -0.313 e. The van der Waals surface area contributed by atoms with E-state index in [-0.39, 0.29) is 11.1 Å². The molecule has 5 nitrogen and oxygen atoms in total. The molecule has 0 unspecified atom stereocenters. The van der Waals surface area contributed by atoms with Gasteiger partial charge in [0.2, 0.25) is 0 Å². The summed E-state index contributed by atoms with van der Waals surface area (Å²) in [4.78, 5) is 16.9. The molecule has 3 aliphatic rings. The predicted molar refractivity (Wildman–Crippen MR) is 76.8 cm³/mol. The molecule has 5 heteroatoms.